The van der Waals surface area contributed by atoms with Crippen LogP contribution in [-0.4, -0.2) is 26.8 Å². The van der Waals surface area contributed by atoms with Crippen molar-refractivity contribution in [3.05, 3.63) is 52.1 Å². The third-order valence-corrected chi connectivity index (χ3v) is 4.33. The molecule has 0 aliphatic carbocycles. The number of amides is 1. The van der Waals surface area contributed by atoms with Gasteiger partial charge in [-0.2, -0.15) is 5.10 Å². The topological polar surface area (TPSA) is 84.2 Å². The number of carbonyl (C=O) groups excluding carboxylic acids is 1. The molecule has 0 bridgehead atoms. The van der Waals surface area contributed by atoms with Gasteiger partial charge in [-0.05, 0) is 37.0 Å². The molecular weight excluding hydrogens is 337 g/mol. The van der Waals surface area contributed by atoms with Gasteiger partial charge in [0.25, 0.3) is 5.91 Å². The van der Waals surface area contributed by atoms with Crippen molar-refractivity contribution in [3.63, 3.8) is 0 Å². The molecule has 1 aliphatic heterocycles. The van der Waals surface area contributed by atoms with E-state index in [0.717, 1.165) is 37.6 Å². The lowest BCUT2D eigenvalue weighted by atomic mass is 10.0. The molecule has 1 amide bonds. The van der Waals surface area contributed by atoms with Gasteiger partial charge in [-0.25, -0.2) is 9.18 Å². The summed E-state index contributed by atoms with van der Waals surface area (Å²) in [5.41, 5.74) is 1.26. The van der Waals surface area contributed by atoms with Crippen LogP contribution in [0.1, 0.15) is 40.5 Å². The summed E-state index contributed by atoms with van der Waals surface area (Å²) in [7, 11) is 0. The molecule has 1 aromatic heterocycles. The fourth-order valence-corrected chi connectivity index (χ4v) is 2.92. The predicted octanol–water partition coefficient (Wildman–Crippen LogP) is 2.57. The van der Waals surface area contributed by atoms with Gasteiger partial charge in [-0.1, -0.05) is 17.7 Å². The second kappa shape index (κ2) is 6.60. The number of hydrogen-bond donors (Lipinski definition) is 2. The number of aliphatic carboxylic acids is 1. The highest BCUT2D eigenvalue weighted by atomic mass is 35.5. The number of carboxylic acids is 1. The largest absolute Gasteiger partial charge is 0.479 e. The average molecular weight is 352 g/mol. The summed E-state index contributed by atoms with van der Waals surface area (Å²) in [6, 6.07) is 2.27. The lowest BCUT2D eigenvalue weighted by Gasteiger charge is -2.17. The number of aryl methyl sites for hydroxylation is 1. The fraction of sp³-hybridized carbons (Fsp3) is 0.312. The Morgan fingerprint density at radius 3 is 2.88 bits per heavy atom. The van der Waals surface area contributed by atoms with E-state index in [0.29, 0.717) is 5.56 Å². The first-order valence-corrected chi connectivity index (χ1v) is 7.88. The number of carbonyl (C=O) groups is 2. The summed E-state index contributed by atoms with van der Waals surface area (Å²) in [6.07, 6.45) is 4.11. The van der Waals surface area contributed by atoms with E-state index >= 15 is 0 Å². The first kappa shape index (κ1) is 16.4. The van der Waals surface area contributed by atoms with Gasteiger partial charge in [0.2, 0.25) is 0 Å². The summed E-state index contributed by atoms with van der Waals surface area (Å²) in [4.78, 5) is 24.0. The van der Waals surface area contributed by atoms with E-state index < -0.39 is 23.7 Å². The van der Waals surface area contributed by atoms with Crippen LogP contribution in [0.4, 0.5) is 4.39 Å². The highest BCUT2D eigenvalue weighted by molar-refractivity contribution is 6.30. The van der Waals surface area contributed by atoms with Crippen molar-refractivity contribution in [2.75, 3.05) is 0 Å². The van der Waals surface area contributed by atoms with Crippen molar-refractivity contribution < 1.29 is 19.1 Å². The van der Waals surface area contributed by atoms with Crippen LogP contribution in [0.15, 0.2) is 24.4 Å². The minimum absolute atomic E-state index is 0.110. The summed E-state index contributed by atoms with van der Waals surface area (Å²) in [6.45, 7) is 0.743. The van der Waals surface area contributed by atoms with Crippen molar-refractivity contribution in [1.82, 2.24) is 15.1 Å². The molecule has 2 heterocycles. The molecule has 24 heavy (non-hydrogen) atoms. The van der Waals surface area contributed by atoms with E-state index in [4.69, 9.17) is 11.6 Å². The van der Waals surface area contributed by atoms with E-state index in [1.165, 1.54) is 18.3 Å². The molecule has 126 valence electrons. The monoisotopic (exact) mass is 351 g/mol. The molecule has 0 spiro atoms. The number of nitrogens with zero attached hydrogens (tertiary/aromatic N) is 2. The maximum Gasteiger partial charge on any atom is 0.330 e. The third-order valence-electron chi connectivity index (χ3n) is 4.03. The number of fused-ring (bicyclic) bond motifs is 1. The van der Waals surface area contributed by atoms with E-state index in [1.54, 1.807) is 4.68 Å². The van der Waals surface area contributed by atoms with Gasteiger partial charge in [0, 0.05) is 6.54 Å². The van der Waals surface area contributed by atoms with Crippen molar-refractivity contribution in [3.8, 4) is 0 Å². The maximum atomic E-state index is 13.6. The Morgan fingerprint density at radius 1 is 1.38 bits per heavy atom. The minimum atomic E-state index is -1.37. The Labute approximate surface area is 142 Å². The molecule has 0 radical (unpaired) electrons. The normalized spacial score (nSPS) is 14.8. The van der Waals surface area contributed by atoms with Gasteiger partial charge in [-0.3, -0.25) is 9.48 Å². The fourth-order valence-electron chi connectivity index (χ4n) is 2.80. The van der Waals surface area contributed by atoms with Crippen molar-refractivity contribution >= 4 is 23.5 Å². The van der Waals surface area contributed by atoms with E-state index in [1.807, 2.05) is 0 Å². The summed E-state index contributed by atoms with van der Waals surface area (Å²) >= 11 is 5.61. The highest BCUT2D eigenvalue weighted by Crippen LogP contribution is 2.22. The summed E-state index contributed by atoms with van der Waals surface area (Å²) in [5, 5.41) is 15.9. The quantitative estimate of drug-likeness (QED) is 0.886. The van der Waals surface area contributed by atoms with Crippen LogP contribution in [-0.2, 0) is 17.8 Å². The number of halogens is 2. The van der Waals surface area contributed by atoms with Gasteiger partial charge < -0.3 is 10.4 Å². The number of aromatic nitrogens is 2. The standard InChI is InChI=1S/C16H15ClFN3O3/c17-11-5-4-9(7-12(11)18)14(16(23)24)20-15(22)10-8-19-21-6-2-1-3-13(10)21/h4-5,7-8,14H,1-3,6H2,(H,20,22)(H,23,24). The van der Waals surface area contributed by atoms with Gasteiger partial charge >= 0.3 is 5.97 Å². The number of benzene rings is 1. The zero-order chi connectivity index (χ0) is 17.3. The summed E-state index contributed by atoms with van der Waals surface area (Å²) in [5.74, 6) is -2.57. The highest BCUT2D eigenvalue weighted by Gasteiger charge is 2.26. The molecule has 1 atom stereocenters. The van der Waals surface area contributed by atoms with Gasteiger partial charge in [0.1, 0.15) is 5.82 Å². The van der Waals surface area contributed by atoms with Gasteiger partial charge in [0.15, 0.2) is 6.04 Å². The van der Waals surface area contributed by atoms with Crippen molar-refractivity contribution in [2.45, 2.75) is 31.8 Å². The van der Waals surface area contributed by atoms with Crippen molar-refractivity contribution in [2.24, 2.45) is 0 Å². The molecule has 0 fully saturated rings. The van der Waals surface area contributed by atoms with Crippen LogP contribution in [0.25, 0.3) is 0 Å². The number of carboxylic acid groups (broad SMARTS) is 1. The van der Waals surface area contributed by atoms with Crippen LogP contribution in [0, 0.1) is 5.82 Å². The van der Waals surface area contributed by atoms with E-state index in [9.17, 15) is 19.1 Å². The van der Waals surface area contributed by atoms with E-state index in [-0.39, 0.29) is 10.6 Å². The predicted molar refractivity (Wildman–Crippen MR) is 84.4 cm³/mol. The van der Waals surface area contributed by atoms with Crippen LogP contribution >= 0.6 is 11.6 Å². The molecule has 0 saturated heterocycles. The lowest BCUT2D eigenvalue weighted by molar-refractivity contribution is -0.139. The zero-order valence-electron chi connectivity index (χ0n) is 12.6. The lowest BCUT2D eigenvalue weighted by Crippen LogP contribution is -2.34. The first-order valence-electron chi connectivity index (χ1n) is 7.50. The molecular formula is C16H15ClFN3O3. The molecule has 3 rings (SSSR count). The van der Waals surface area contributed by atoms with Crippen molar-refractivity contribution in [1.29, 1.82) is 0 Å². The Bertz CT molecular complexity index is 806. The number of hydrogen-bond acceptors (Lipinski definition) is 3. The van der Waals surface area contributed by atoms with Crippen LogP contribution in [0.5, 0.6) is 0 Å². The second-order valence-electron chi connectivity index (χ2n) is 5.60. The molecule has 1 aliphatic rings. The Balaban J connectivity index is 1.86. The third kappa shape index (κ3) is 3.12. The molecule has 2 aromatic rings. The average Bonchev–Trinajstić information content (AvgIpc) is 2.99. The number of rotatable bonds is 4. The maximum absolute atomic E-state index is 13.6. The SMILES string of the molecule is O=C(NC(C(=O)O)c1ccc(Cl)c(F)c1)c1cnn2c1CCCC2. The number of nitrogens with one attached hydrogen (secondary N) is 1. The summed E-state index contributed by atoms with van der Waals surface area (Å²) < 4.78 is 15.3. The molecule has 1 aromatic carbocycles. The van der Waals surface area contributed by atoms with Crippen LogP contribution in [0.3, 0.4) is 0 Å². The van der Waals surface area contributed by atoms with Gasteiger partial charge in [0.05, 0.1) is 22.5 Å². The smallest absolute Gasteiger partial charge is 0.330 e. The Kier molecular flexibility index (Phi) is 4.53. The molecule has 6 nitrogen and oxygen atoms in total. The molecule has 1 unspecified atom stereocenters. The zero-order valence-corrected chi connectivity index (χ0v) is 13.4. The molecule has 8 heteroatoms. The van der Waals surface area contributed by atoms with Crippen LogP contribution < -0.4 is 5.32 Å². The molecule has 0 saturated carbocycles. The Morgan fingerprint density at radius 2 is 2.17 bits per heavy atom. The minimum Gasteiger partial charge on any atom is -0.479 e. The Hall–Kier alpha value is -2.41. The molecule has 2 N–H and O–H groups in total. The van der Waals surface area contributed by atoms with Crippen LogP contribution in [0.2, 0.25) is 5.02 Å². The first-order chi connectivity index (χ1) is 11.5. The second-order valence-corrected chi connectivity index (χ2v) is 6.01. The van der Waals surface area contributed by atoms with Gasteiger partial charge in [-0.15, -0.1) is 0 Å². The van der Waals surface area contributed by atoms with E-state index in [2.05, 4.69) is 10.4 Å².